The van der Waals surface area contributed by atoms with Gasteiger partial charge < -0.3 is 10.1 Å². The lowest BCUT2D eigenvalue weighted by Gasteiger charge is -2.09. The van der Waals surface area contributed by atoms with E-state index in [0.717, 1.165) is 16.8 Å². The lowest BCUT2D eigenvalue weighted by molar-refractivity contribution is 0.200. The van der Waals surface area contributed by atoms with E-state index >= 15 is 0 Å². The molecule has 3 aromatic rings. The molecule has 0 saturated heterocycles. The largest absolute Gasteiger partial charge is 0.412 e. The third-order valence-electron chi connectivity index (χ3n) is 3.25. The molecule has 0 aliphatic carbocycles. The minimum atomic E-state index is -0.503. The van der Waals surface area contributed by atoms with Crippen molar-refractivity contribution in [2.45, 2.75) is 6.54 Å². The Kier molecular flexibility index (Phi) is 4.33. The van der Waals surface area contributed by atoms with Crippen LogP contribution in [0.4, 0.5) is 4.79 Å². The summed E-state index contributed by atoms with van der Waals surface area (Å²) in [5, 5.41) is 6.89. The second-order valence-electron chi connectivity index (χ2n) is 4.97. The van der Waals surface area contributed by atoms with Crippen LogP contribution in [-0.2, 0) is 13.6 Å². The van der Waals surface area contributed by atoms with Crippen LogP contribution in [0.5, 0.6) is 5.75 Å². The van der Waals surface area contributed by atoms with Crippen LogP contribution in [0, 0.1) is 0 Å². The molecule has 3 rings (SSSR count). The molecule has 0 aliphatic heterocycles. The van der Waals surface area contributed by atoms with Gasteiger partial charge in [-0.05, 0) is 23.8 Å². The molecule has 0 spiro atoms. The molecule has 0 unspecified atom stereocenters. The monoisotopic (exact) mass is 308 g/mol. The van der Waals surface area contributed by atoms with E-state index in [2.05, 4.69) is 15.4 Å². The van der Waals surface area contributed by atoms with E-state index in [-0.39, 0.29) is 0 Å². The Morgan fingerprint density at radius 1 is 1.22 bits per heavy atom. The fraction of sp³-hybridized carbons (Fsp3) is 0.118. The topological polar surface area (TPSA) is 69.0 Å². The van der Waals surface area contributed by atoms with Crippen LogP contribution in [0.15, 0.2) is 61.1 Å². The van der Waals surface area contributed by atoms with Crippen LogP contribution >= 0.6 is 0 Å². The third-order valence-corrected chi connectivity index (χ3v) is 3.25. The Balaban J connectivity index is 1.68. The summed E-state index contributed by atoms with van der Waals surface area (Å²) < 4.78 is 6.91. The summed E-state index contributed by atoms with van der Waals surface area (Å²) in [7, 11) is 1.85. The summed E-state index contributed by atoms with van der Waals surface area (Å²) in [6, 6.07) is 12.7. The predicted molar refractivity (Wildman–Crippen MR) is 85.7 cm³/mol. The summed E-state index contributed by atoms with van der Waals surface area (Å²) in [6.45, 7) is 0.323. The number of nitrogens with one attached hydrogen (secondary N) is 1. The molecule has 2 aromatic heterocycles. The highest BCUT2D eigenvalue weighted by Crippen LogP contribution is 2.20. The van der Waals surface area contributed by atoms with Crippen LogP contribution in [-0.4, -0.2) is 20.9 Å². The molecule has 1 amide bonds. The van der Waals surface area contributed by atoms with Gasteiger partial charge in [0.1, 0.15) is 5.75 Å². The number of amides is 1. The van der Waals surface area contributed by atoms with Gasteiger partial charge in [0.25, 0.3) is 0 Å². The second-order valence-corrected chi connectivity index (χ2v) is 4.97. The molecular formula is C17H16N4O2. The number of hydrogen-bond donors (Lipinski definition) is 1. The van der Waals surface area contributed by atoms with E-state index in [1.54, 1.807) is 29.2 Å². The summed E-state index contributed by atoms with van der Waals surface area (Å²) in [4.78, 5) is 16.2. The van der Waals surface area contributed by atoms with Gasteiger partial charge in [-0.25, -0.2) is 4.79 Å². The van der Waals surface area contributed by atoms with Gasteiger partial charge in [-0.3, -0.25) is 9.67 Å². The molecule has 1 aromatic carbocycles. The van der Waals surface area contributed by atoms with Crippen LogP contribution in [0.1, 0.15) is 5.56 Å². The van der Waals surface area contributed by atoms with Gasteiger partial charge >= 0.3 is 6.09 Å². The summed E-state index contributed by atoms with van der Waals surface area (Å²) in [5.74, 6) is 0.503. The standard InChI is InChI=1S/C17H16N4O2/c1-21-12-14(11-20-21)16-13(6-5-9-18-16)10-19-17(22)23-15-7-3-2-4-8-15/h2-9,11-12H,10H2,1H3,(H,19,22). The molecule has 0 fully saturated rings. The van der Waals surface area contributed by atoms with Gasteiger partial charge in [0.05, 0.1) is 11.9 Å². The number of aromatic nitrogens is 3. The number of hydrogen-bond acceptors (Lipinski definition) is 4. The molecule has 2 heterocycles. The maximum Gasteiger partial charge on any atom is 0.412 e. The van der Waals surface area contributed by atoms with Crippen molar-refractivity contribution in [1.82, 2.24) is 20.1 Å². The number of para-hydroxylation sites is 1. The normalized spacial score (nSPS) is 10.3. The van der Waals surface area contributed by atoms with Gasteiger partial charge in [0, 0.05) is 31.5 Å². The fourth-order valence-corrected chi connectivity index (χ4v) is 2.18. The quantitative estimate of drug-likeness (QED) is 0.804. The Morgan fingerprint density at radius 3 is 2.78 bits per heavy atom. The zero-order valence-electron chi connectivity index (χ0n) is 12.6. The molecule has 6 nitrogen and oxygen atoms in total. The van der Waals surface area contributed by atoms with Crippen molar-refractivity contribution in [2.24, 2.45) is 7.05 Å². The average Bonchev–Trinajstić information content (AvgIpc) is 3.00. The molecule has 6 heteroatoms. The van der Waals surface area contributed by atoms with E-state index in [4.69, 9.17) is 4.74 Å². The van der Waals surface area contributed by atoms with Gasteiger partial charge in [0.15, 0.2) is 0 Å². The Morgan fingerprint density at radius 2 is 2.04 bits per heavy atom. The molecule has 0 radical (unpaired) electrons. The summed E-state index contributed by atoms with van der Waals surface area (Å²) in [5.41, 5.74) is 2.59. The van der Waals surface area contributed by atoms with E-state index in [1.165, 1.54) is 0 Å². The van der Waals surface area contributed by atoms with Crippen LogP contribution in [0.25, 0.3) is 11.3 Å². The van der Waals surface area contributed by atoms with Crippen molar-refractivity contribution >= 4 is 6.09 Å². The van der Waals surface area contributed by atoms with E-state index in [0.29, 0.717) is 12.3 Å². The highest BCUT2D eigenvalue weighted by molar-refractivity contribution is 5.71. The number of rotatable bonds is 4. The maximum atomic E-state index is 11.9. The summed E-state index contributed by atoms with van der Waals surface area (Å²) >= 11 is 0. The molecule has 116 valence electrons. The van der Waals surface area contributed by atoms with Gasteiger partial charge in [0.2, 0.25) is 0 Å². The van der Waals surface area contributed by atoms with Crippen molar-refractivity contribution in [3.63, 3.8) is 0 Å². The number of benzene rings is 1. The number of nitrogens with zero attached hydrogens (tertiary/aromatic N) is 3. The van der Waals surface area contributed by atoms with Gasteiger partial charge in [-0.2, -0.15) is 5.10 Å². The molecule has 0 bridgehead atoms. The minimum absolute atomic E-state index is 0.323. The van der Waals surface area contributed by atoms with Crippen molar-refractivity contribution in [3.8, 4) is 17.0 Å². The third kappa shape index (κ3) is 3.74. The van der Waals surface area contributed by atoms with Gasteiger partial charge in [-0.1, -0.05) is 24.3 Å². The van der Waals surface area contributed by atoms with E-state index in [1.807, 2.05) is 43.6 Å². The van der Waals surface area contributed by atoms with Crippen LogP contribution < -0.4 is 10.1 Å². The van der Waals surface area contributed by atoms with E-state index in [9.17, 15) is 4.79 Å². The molecule has 23 heavy (non-hydrogen) atoms. The number of aryl methyl sites for hydroxylation is 1. The summed E-state index contributed by atoms with van der Waals surface area (Å²) in [6.07, 6.45) is 4.84. The molecule has 0 atom stereocenters. The highest BCUT2D eigenvalue weighted by Gasteiger charge is 2.10. The number of carbonyl (C=O) groups excluding carboxylic acids is 1. The fourth-order valence-electron chi connectivity index (χ4n) is 2.18. The Bertz CT molecular complexity index is 799. The lowest BCUT2D eigenvalue weighted by atomic mass is 10.1. The Hall–Kier alpha value is -3.15. The zero-order valence-corrected chi connectivity index (χ0v) is 12.6. The first-order valence-electron chi connectivity index (χ1n) is 7.16. The predicted octanol–water partition coefficient (Wildman–Crippen LogP) is 2.77. The molecular weight excluding hydrogens is 292 g/mol. The highest BCUT2D eigenvalue weighted by atomic mass is 16.5. The van der Waals surface area contributed by atoms with Gasteiger partial charge in [-0.15, -0.1) is 0 Å². The van der Waals surface area contributed by atoms with Crippen LogP contribution in [0.3, 0.4) is 0 Å². The maximum absolute atomic E-state index is 11.9. The molecule has 0 saturated carbocycles. The smallest absolute Gasteiger partial charge is 0.410 e. The number of ether oxygens (including phenoxy) is 1. The molecule has 1 N–H and O–H groups in total. The first kappa shape index (κ1) is 14.8. The lowest BCUT2D eigenvalue weighted by Crippen LogP contribution is -2.26. The van der Waals surface area contributed by atoms with Crippen molar-refractivity contribution in [2.75, 3.05) is 0 Å². The number of pyridine rings is 1. The first-order valence-corrected chi connectivity index (χ1v) is 7.16. The van der Waals surface area contributed by atoms with E-state index < -0.39 is 6.09 Å². The van der Waals surface area contributed by atoms with Crippen molar-refractivity contribution < 1.29 is 9.53 Å². The minimum Gasteiger partial charge on any atom is -0.410 e. The SMILES string of the molecule is Cn1cc(-c2ncccc2CNC(=O)Oc2ccccc2)cn1. The Labute approximate surface area is 133 Å². The molecule has 0 aliphatic rings. The second kappa shape index (κ2) is 6.74. The van der Waals surface area contributed by atoms with Crippen LogP contribution in [0.2, 0.25) is 0 Å². The van der Waals surface area contributed by atoms with Crippen molar-refractivity contribution in [1.29, 1.82) is 0 Å². The first-order chi connectivity index (χ1) is 11.2. The number of carbonyl (C=O) groups is 1. The average molecular weight is 308 g/mol. The zero-order chi connectivity index (χ0) is 16.1. The van der Waals surface area contributed by atoms with Crippen molar-refractivity contribution in [3.05, 3.63) is 66.6 Å².